The van der Waals surface area contributed by atoms with E-state index < -0.39 is 5.97 Å². The molecular formula is C15H14BrNO4. The van der Waals surface area contributed by atoms with E-state index in [1.165, 1.54) is 0 Å². The topological polar surface area (TPSA) is 57.5 Å². The van der Waals surface area contributed by atoms with Crippen molar-refractivity contribution in [3.05, 3.63) is 44.2 Å². The summed E-state index contributed by atoms with van der Waals surface area (Å²) in [6.45, 7) is 3.36. The Bertz CT molecular complexity index is 781. The molecule has 5 nitrogen and oxygen atoms in total. The van der Waals surface area contributed by atoms with E-state index in [-0.39, 0.29) is 24.2 Å². The molecule has 0 amide bonds. The van der Waals surface area contributed by atoms with Gasteiger partial charge < -0.3 is 14.0 Å². The first kappa shape index (κ1) is 14.3. The first-order valence-corrected chi connectivity index (χ1v) is 7.52. The monoisotopic (exact) mass is 351 g/mol. The number of aromatic nitrogens is 1. The first-order valence-electron chi connectivity index (χ1n) is 6.73. The Kier molecular flexibility index (Phi) is 3.82. The Morgan fingerprint density at radius 3 is 3.05 bits per heavy atom. The van der Waals surface area contributed by atoms with Crippen molar-refractivity contribution in [3.63, 3.8) is 0 Å². The number of esters is 1. The molecule has 0 atom stereocenters. The van der Waals surface area contributed by atoms with Gasteiger partial charge >= 0.3 is 5.97 Å². The van der Waals surface area contributed by atoms with Crippen molar-refractivity contribution in [1.82, 2.24) is 4.57 Å². The van der Waals surface area contributed by atoms with Gasteiger partial charge in [0.2, 0.25) is 5.43 Å². The summed E-state index contributed by atoms with van der Waals surface area (Å²) in [5.41, 5.74) is 1.19. The number of hydrogen-bond acceptors (Lipinski definition) is 4. The van der Waals surface area contributed by atoms with Crippen molar-refractivity contribution in [2.24, 2.45) is 0 Å². The molecule has 2 aromatic rings. The molecular weight excluding hydrogens is 338 g/mol. The maximum atomic E-state index is 12.6. The fraction of sp³-hybridized carbons (Fsp3) is 0.333. The highest BCUT2D eigenvalue weighted by Gasteiger charge is 2.25. The highest BCUT2D eigenvalue weighted by atomic mass is 79.9. The SMILES string of the molecule is CCOC(=O)c1c2n(c3cc(Br)ccc3c1=O)CCOC2. The number of fused-ring (bicyclic) bond motifs is 3. The van der Waals surface area contributed by atoms with E-state index in [9.17, 15) is 9.59 Å². The molecule has 0 N–H and O–H groups in total. The van der Waals surface area contributed by atoms with E-state index in [2.05, 4.69) is 15.9 Å². The Morgan fingerprint density at radius 1 is 1.48 bits per heavy atom. The Hall–Kier alpha value is -1.66. The summed E-state index contributed by atoms with van der Waals surface area (Å²) in [6.07, 6.45) is 0. The third kappa shape index (κ3) is 2.38. The molecule has 0 fully saturated rings. The van der Waals surface area contributed by atoms with E-state index in [1.807, 2.05) is 10.6 Å². The largest absolute Gasteiger partial charge is 0.462 e. The van der Waals surface area contributed by atoms with Crippen LogP contribution in [0.1, 0.15) is 23.0 Å². The average molecular weight is 352 g/mol. The number of ether oxygens (including phenoxy) is 2. The van der Waals surface area contributed by atoms with Gasteiger partial charge in [-0.05, 0) is 25.1 Å². The first-order chi connectivity index (χ1) is 10.1. The zero-order chi connectivity index (χ0) is 15.0. The molecule has 0 unspecified atom stereocenters. The van der Waals surface area contributed by atoms with E-state index in [4.69, 9.17) is 9.47 Å². The Balaban J connectivity index is 2.38. The number of pyridine rings is 1. The van der Waals surface area contributed by atoms with Crippen LogP contribution in [0.25, 0.3) is 10.9 Å². The number of benzene rings is 1. The summed E-state index contributed by atoms with van der Waals surface area (Å²) < 4.78 is 13.3. The van der Waals surface area contributed by atoms with Crippen LogP contribution >= 0.6 is 15.9 Å². The van der Waals surface area contributed by atoms with E-state index >= 15 is 0 Å². The lowest BCUT2D eigenvalue weighted by Gasteiger charge is -2.24. The average Bonchev–Trinajstić information content (AvgIpc) is 2.47. The molecule has 21 heavy (non-hydrogen) atoms. The van der Waals surface area contributed by atoms with Crippen LogP contribution < -0.4 is 5.43 Å². The number of carbonyl (C=O) groups excluding carboxylic acids is 1. The third-order valence-electron chi connectivity index (χ3n) is 3.51. The summed E-state index contributed by atoms with van der Waals surface area (Å²) >= 11 is 3.42. The summed E-state index contributed by atoms with van der Waals surface area (Å²) in [7, 11) is 0. The number of halogens is 1. The molecule has 0 saturated carbocycles. The number of hydrogen-bond donors (Lipinski definition) is 0. The minimum Gasteiger partial charge on any atom is -0.462 e. The van der Waals surface area contributed by atoms with Gasteiger partial charge in [0.25, 0.3) is 0 Å². The highest BCUT2D eigenvalue weighted by Crippen LogP contribution is 2.23. The quantitative estimate of drug-likeness (QED) is 0.780. The predicted octanol–water partition coefficient (Wildman–Crippen LogP) is 2.47. The number of nitrogens with zero attached hydrogens (tertiary/aromatic N) is 1. The summed E-state index contributed by atoms with van der Waals surface area (Å²) in [5, 5.41) is 0.520. The lowest BCUT2D eigenvalue weighted by atomic mass is 10.1. The van der Waals surface area contributed by atoms with Gasteiger partial charge in [0.15, 0.2) is 0 Å². The maximum Gasteiger partial charge on any atom is 0.344 e. The van der Waals surface area contributed by atoms with Gasteiger partial charge in [0.05, 0.1) is 31.0 Å². The van der Waals surface area contributed by atoms with Crippen molar-refractivity contribution < 1.29 is 14.3 Å². The molecule has 1 aromatic carbocycles. The van der Waals surface area contributed by atoms with Crippen LogP contribution in [0, 0.1) is 0 Å². The van der Waals surface area contributed by atoms with Gasteiger partial charge in [-0.25, -0.2) is 4.79 Å². The molecule has 0 radical (unpaired) electrons. The second-order valence-corrected chi connectivity index (χ2v) is 5.65. The van der Waals surface area contributed by atoms with Crippen LogP contribution in [0.15, 0.2) is 27.5 Å². The summed E-state index contributed by atoms with van der Waals surface area (Å²) in [5.74, 6) is -0.582. The Morgan fingerprint density at radius 2 is 2.29 bits per heavy atom. The molecule has 1 aliphatic heterocycles. The molecule has 0 spiro atoms. The van der Waals surface area contributed by atoms with Crippen molar-refractivity contribution in [1.29, 1.82) is 0 Å². The van der Waals surface area contributed by atoms with E-state index in [0.29, 0.717) is 24.2 Å². The highest BCUT2D eigenvalue weighted by molar-refractivity contribution is 9.10. The molecule has 0 aliphatic carbocycles. The standard InChI is InChI=1S/C15H14BrNO4/c1-2-21-15(19)13-12-8-20-6-5-17(12)11-7-9(16)3-4-10(11)14(13)18/h3-4,7H,2,5-6,8H2,1H3. The van der Waals surface area contributed by atoms with E-state index in [1.54, 1.807) is 19.1 Å². The van der Waals surface area contributed by atoms with Crippen LogP contribution in [-0.4, -0.2) is 23.8 Å². The fourth-order valence-electron chi connectivity index (χ4n) is 2.61. The van der Waals surface area contributed by atoms with Crippen molar-refractivity contribution in [3.8, 4) is 0 Å². The van der Waals surface area contributed by atoms with Crippen molar-refractivity contribution >= 4 is 32.8 Å². The lowest BCUT2D eigenvalue weighted by molar-refractivity contribution is 0.0499. The van der Waals surface area contributed by atoms with Crippen molar-refractivity contribution in [2.75, 3.05) is 13.2 Å². The summed E-state index contributed by atoms with van der Waals surface area (Å²) in [6, 6.07) is 5.42. The van der Waals surface area contributed by atoms with E-state index in [0.717, 1.165) is 9.99 Å². The van der Waals surface area contributed by atoms with Crippen LogP contribution in [0.4, 0.5) is 0 Å². The van der Waals surface area contributed by atoms with Gasteiger partial charge in [-0.3, -0.25) is 4.79 Å². The van der Waals surface area contributed by atoms with Gasteiger partial charge in [0, 0.05) is 16.4 Å². The number of rotatable bonds is 2. The van der Waals surface area contributed by atoms with Crippen molar-refractivity contribution in [2.45, 2.75) is 20.1 Å². The van der Waals surface area contributed by atoms with Gasteiger partial charge in [-0.1, -0.05) is 15.9 Å². The maximum absolute atomic E-state index is 12.6. The van der Waals surface area contributed by atoms with Gasteiger partial charge in [0.1, 0.15) is 5.56 Å². The van der Waals surface area contributed by atoms with Crippen LogP contribution in [-0.2, 0) is 22.6 Å². The molecule has 2 heterocycles. The zero-order valence-corrected chi connectivity index (χ0v) is 13.1. The minimum atomic E-state index is -0.582. The molecule has 0 bridgehead atoms. The fourth-order valence-corrected chi connectivity index (χ4v) is 2.96. The van der Waals surface area contributed by atoms with Gasteiger partial charge in [-0.2, -0.15) is 0 Å². The molecule has 0 saturated heterocycles. The predicted molar refractivity (Wildman–Crippen MR) is 81.5 cm³/mol. The normalized spacial score (nSPS) is 14.0. The molecule has 110 valence electrons. The van der Waals surface area contributed by atoms with Crippen LogP contribution in [0.5, 0.6) is 0 Å². The summed E-state index contributed by atoms with van der Waals surface area (Å²) in [4.78, 5) is 24.8. The lowest BCUT2D eigenvalue weighted by Crippen LogP contribution is -2.29. The number of carbonyl (C=O) groups is 1. The minimum absolute atomic E-state index is 0.0892. The molecule has 3 rings (SSSR count). The van der Waals surface area contributed by atoms with Crippen LogP contribution in [0.2, 0.25) is 0 Å². The second-order valence-electron chi connectivity index (χ2n) is 4.74. The molecule has 1 aromatic heterocycles. The molecule has 1 aliphatic rings. The smallest absolute Gasteiger partial charge is 0.344 e. The zero-order valence-electron chi connectivity index (χ0n) is 11.5. The third-order valence-corrected chi connectivity index (χ3v) is 4.01. The van der Waals surface area contributed by atoms with Gasteiger partial charge in [-0.15, -0.1) is 0 Å². The molecule has 6 heteroatoms. The Labute approximate surface area is 129 Å². The van der Waals surface area contributed by atoms with Crippen LogP contribution in [0.3, 0.4) is 0 Å². The second kappa shape index (κ2) is 5.61.